The second-order valence-electron chi connectivity index (χ2n) is 5.15. The fraction of sp³-hybridized carbons (Fsp3) is 0.438. The fourth-order valence-corrected chi connectivity index (χ4v) is 3.06. The molecule has 1 atom stereocenters. The number of hydrogen-bond acceptors (Lipinski definition) is 3. The van der Waals surface area contributed by atoms with Gasteiger partial charge in [-0.3, -0.25) is 4.90 Å². The number of rotatable bonds is 6. The average Bonchev–Trinajstić information content (AvgIpc) is 2.96. The Morgan fingerprint density at radius 2 is 2.00 bits per heavy atom. The summed E-state index contributed by atoms with van der Waals surface area (Å²) in [5.74, 6) is 0.480. The molecule has 0 aliphatic rings. The molecule has 2 aromatic rings. The van der Waals surface area contributed by atoms with Gasteiger partial charge in [-0.25, -0.2) is 4.98 Å². The summed E-state index contributed by atoms with van der Waals surface area (Å²) < 4.78 is 0. The molecule has 2 nitrogen and oxygen atoms in total. The molecular formula is C16H21ClN2S. The standard InChI is InChI=1S/C16H21ClN2S/c1-4-12(2)19(3)10-13-5-7-14(8-6-13)16-18-15(9-17)11-20-16/h5-8,11-12H,4,9-10H2,1-3H3. The van der Waals surface area contributed by atoms with E-state index in [4.69, 9.17) is 11.6 Å². The topological polar surface area (TPSA) is 16.1 Å². The number of halogens is 1. The predicted octanol–water partition coefficient (Wildman–Crippen LogP) is 4.78. The number of benzene rings is 1. The molecule has 2 rings (SSSR count). The maximum absolute atomic E-state index is 5.79. The molecule has 0 saturated heterocycles. The van der Waals surface area contributed by atoms with Crippen LogP contribution < -0.4 is 0 Å². The molecular weight excluding hydrogens is 288 g/mol. The average molecular weight is 309 g/mol. The van der Waals surface area contributed by atoms with Crippen molar-refractivity contribution in [3.8, 4) is 10.6 Å². The van der Waals surface area contributed by atoms with Gasteiger partial charge in [0.15, 0.2) is 0 Å². The Morgan fingerprint density at radius 3 is 2.55 bits per heavy atom. The van der Waals surface area contributed by atoms with E-state index < -0.39 is 0 Å². The molecule has 1 aromatic heterocycles. The first kappa shape index (κ1) is 15.5. The zero-order chi connectivity index (χ0) is 14.5. The van der Waals surface area contributed by atoms with Crippen molar-refractivity contribution in [1.29, 1.82) is 0 Å². The highest BCUT2D eigenvalue weighted by Gasteiger charge is 2.08. The minimum absolute atomic E-state index is 0.480. The molecule has 0 spiro atoms. The Bertz CT molecular complexity index is 536. The minimum atomic E-state index is 0.480. The van der Waals surface area contributed by atoms with Crippen LogP contribution in [0.2, 0.25) is 0 Å². The Kier molecular flexibility index (Phi) is 5.58. The molecule has 20 heavy (non-hydrogen) atoms. The smallest absolute Gasteiger partial charge is 0.123 e. The maximum atomic E-state index is 5.79. The minimum Gasteiger partial charge on any atom is -0.299 e. The fourth-order valence-electron chi connectivity index (χ4n) is 2.01. The lowest BCUT2D eigenvalue weighted by atomic mass is 10.1. The molecule has 0 radical (unpaired) electrons. The van der Waals surface area contributed by atoms with Crippen LogP contribution in [0.5, 0.6) is 0 Å². The highest BCUT2D eigenvalue weighted by molar-refractivity contribution is 7.13. The molecule has 0 saturated carbocycles. The lowest BCUT2D eigenvalue weighted by Crippen LogP contribution is -2.27. The van der Waals surface area contributed by atoms with Gasteiger partial charge < -0.3 is 0 Å². The van der Waals surface area contributed by atoms with Crippen molar-refractivity contribution < 1.29 is 0 Å². The van der Waals surface area contributed by atoms with E-state index in [1.54, 1.807) is 11.3 Å². The summed E-state index contributed by atoms with van der Waals surface area (Å²) >= 11 is 7.44. The van der Waals surface area contributed by atoms with Gasteiger partial charge in [0.25, 0.3) is 0 Å². The molecule has 1 heterocycles. The Hall–Kier alpha value is -0.900. The van der Waals surface area contributed by atoms with E-state index in [9.17, 15) is 0 Å². The first-order valence-electron chi connectivity index (χ1n) is 6.94. The monoisotopic (exact) mass is 308 g/mol. The molecule has 0 aliphatic carbocycles. The summed E-state index contributed by atoms with van der Waals surface area (Å²) in [6, 6.07) is 9.29. The molecule has 0 bridgehead atoms. The van der Waals surface area contributed by atoms with Crippen LogP contribution in [0, 0.1) is 0 Å². The molecule has 0 aliphatic heterocycles. The number of nitrogens with zero attached hydrogens (tertiary/aromatic N) is 2. The zero-order valence-electron chi connectivity index (χ0n) is 12.3. The third-order valence-electron chi connectivity index (χ3n) is 3.66. The second kappa shape index (κ2) is 7.21. The SMILES string of the molecule is CCC(C)N(C)Cc1ccc(-c2nc(CCl)cs2)cc1. The largest absolute Gasteiger partial charge is 0.299 e. The summed E-state index contributed by atoms with van der Waals surface area (Å²) in [6.45, 7) is 5.47. The van der Waals surface area contributed by atoms with E-state index in [0.717, 1.165) is 17.2 Å². The zero-order valence-corrected chi connectivity index (χ0v) is 13.8. The lowest BCUT2D eigenvalue weighted by Gasteiger charge is -2.23. The van der Waals surface area contributed by atoms with E-state index in [0.29, 0.717) is 11.9 Å². The lowest BCUT2D eigenvalue weighted by molar-refractivity contribution is 0.244. The summed E-state index contributed by atoms with van der Waals surface area (Å²) in [5.41, 5.74) is 3.46. The Labute approximate surface area is 130 Å². The normalized spacial score (nSPS) is 12.8. The van der Waals surface area contributed by atoms with Crippen molar-refractivity contribution in [2.45, 2.75) is 38.7 Å². The summed E-state index contributed by atoms with van der Waals surface area (Å²) in [4.78, 5) is 6.89. The molecule has 4 heteroatoms. The first-order valence-corrected chi connectivity index (χ1v) is 8.35. The Morgan fingerprint density at radius 1 is 1.30 bits per heavy atom. The van der Waals surface area contributed by atoms with Crippen molar-refractivity contribution in [2.75, 3.05) is 7.05 Å². The van der Waals surface area contributed by atoms with Crippen molar-refractivity contribution in [3.05, 3.63) is 40.9 Å². The van der Waals surface area contributed by atoms with E-state index in [-0.39, 0.29) is 0 Å². The molecule has 0 N–H and O–H groups in total. The van der Waals surface area contributed by atoms with E-state index in [2.05, 4.69) is 55.0 Å². The van der Waals surface area contributed by atoms with E-state index in [1.165, 1.54) is 17.5 Å². The van der Waals surface area contributed by atoms with Gasteiger partial charge in [0.05, 0.1) is 11.6 Å². The van der Waals surface area contributed by atoms with Gasteiger partial charge in [-0.05, 0) is 26.0 Å². The van der Waals surface area contributed by atoms with Gasteiger partial charge in [0.2, 0.25) is 0 Å². The van der Waals surface area contributed by atoms with Crippen LogP contribution in [-0.4, -0.2) is 23.0 Å². The highest BCUT2D eigenvalue weighted by Crippen LogP contribution is 2.25. The van der Waals surface area contributed by atoms with Gasteiger partial charge >= 0.3 is 0 Å². The quantitative estimate of drug-likeness (QED) is 0.714. The Balaban J connectivity index is 2.06. The van der Waals surface area contributed by atoms with Crippen LogP contribution >= 0.6 is 22.9 Å². The molecule has 0 amide bonds. The molecule has 1 aromatic carbocycles. The van der Waals surface area contributed by atoms with Crippen LogP contribution in [0.25, 0.3) is 10.6 Å². The van der Waals surface area contributed by atoms with Crippen LogP contribution in [0.1, 0.15) is 31.5 Å². The second-order valence-corrected chi connectivity index (χ2v) is 6.27. The van der Waals surface area contributed by atoms with Gasteiger partial charge in [0.1, 0.15) is 5.01 Å². The number of aromatic nitrogens is 1. The summed E-state index contributed by atoms with van der Waals surface area (Å²) in [5, 5.41) is 3.06. The van der Waals surface area contributed by atoms with Crippen molar-refractivity contribution in [2.24, 2.45) is 0 Å². The molecule has 108 valence electrons. The molecule has 0 fully saturated rings. The highest BCUT2D eigenvalue weighted by atomic mass is 35.5. The van der Waals surface area contributed by atoms with Crippen molar-refractivity contribution in [3.63, 3.8) is 0 Å². The third kappa shape index (κ3) is 3.81. The number of hydrogen-bond donors (Lipinski definition) is 0. The van der Waals surface area contributed by atoms with Crippen LogP contribution in [-0.2, 0) is 12.4 Å². The first-order chi connectivity index (χ1) is 9.63. The van der Waals surface area contributed by atoms with Crippen LogP contribution in [0.15, 0.2) is 29.6 Å². The van der Waals surface area contributed by atoms with E-state index in [1.807, 2.05) is 5.38 Å². The predicted molar refractivity (Wildman–Crippen MR) is 88.3 cm³/mol. The van der Waals surface area contributed by atoms with Crippen molar-refractivity contribution in [1.82, 2.24) is 9.88 Å². The van der Waals surface area contributed by atoms with Gasteiger partial charge in [-0.15, -0.1) is 22.9 Å². The van der Waals surface area contributed by atoms with Crippen LogP contribution in [0.4, 0.5) is 0 Å². The van der Waals surface area contributed by atoms with Gasteiger partial charge in [0, 0.05) is 23.5 Å². The van der Waals surface area contributed by atoms with Crippen LogP contribution in [0.3, 0.4) is 0 Å². The van der Waals surface area contributed by atoms with Crippen molar-refractivity contribution >= 4 is 22.9 Å². The van der Waals surface area contributed by atoms with Gasteiger partial charge in [-0.2, -0.15) is 0 Å². The molecule has 1 unspecified atom stereocenters. The number of thiazole rings is 1. The van der Waals surface area contributed by atoms with Gasteiger partial charge in [-0.1, -0.05) is 31.2 Å². The summed E-state index contributed by atoms with van der Waals surface area (Å²) in [6.07, 6.45) is 1.18. The maximum Gasteiger partial charge on any atom is 0.123 e. The number of alkyl halides is 1. The third-order valence-corrected chi connectivity index (χ3v) is 4.88. The summed E-state index contributed by atoms with van der Waals surface area (Å²) in [7, 11) is 2.18. The van der Waals surface area contributed by atoms with E-state index >= 15 is 0 Å².